The molecule has 0 aliphatic carbocycles. The molecule has 3 rings (SSSR count). The van der Waals surface area contributed by atoms with E-state index in [0.29, 0.717) is 33.5 Å². The van der Waals surface area contributed by atoms with Crippen LogP contribution in [0.2, 0.25) is 5.02 Å². The van der Waals surface area contributed by atoms with E-state index >= 15 is 0 Å². The van der Waals surface area contributed by atoms with Crippen molar-refractivity contribution in [3.8, 4) is 17.3 Å². The molecule has 0 spiro atoms. The lowest BCUT2D eigenvalue weighted by Gasteiger charge is -2.09. The summed E-state index contributed by atoms with van der Waals surface area (Å²) in [5.74, 6) is 0.418. The molecule has 0 aliphatic heterocycles. The minimum Gasteiger partial charge on any atom is -0.326 e. The van der Waals surface area contributed by atoms with Gasteiger partial charge in [0.1, 0.15) is 11.1 Å². The summed E-state index contributed by atoms with van der Waals surface area (Å²) < 4.78 is 0. The summed E-state index contributed by atoms with van der Waals surface area (Å²) in [5.41, 5.74) is 3.97. The Morgan fingerprint density at radius 2 is 1.96 bits per heavy atom. The maximum Gasteiger partial charge on any atom is 0.225 e. The van der Waals surface area contributed by atoms with Crippen molar-refractivity contribution in [3.05, 3.63) is 76.8 Å². The molecule has 28 heavy (non-hydrogen) atoms. The molecule has 1 N–H and O–H groups in total. The van der Waals surface area contributed by atoms with Crippen LogP contribution in [0.15, 0.2) is 65.7 Å². The Bertz CT molecular complexity index is 1030. The highest BCUT2D eigenvalue weighted by atomic mass is 35.5. The van der Waals surface area contributed by atoms with Gasteiger partial charge in [-0.1, -0.05) is 48.0 Å². The first kappa shape index (κ1) is 19.9. The molecule has 0 radical (unpaired) electrons. The number of anilines is 1. The van der Waals surface area contributed by atoms with Gasteiger partial charge in [0.15, 0.2) is 0 Å². The number of nitrogens with zero attached hydrogens (tertiary/aromatic N) is 2. The molecule has 0 bridgehead atoms. The Hall–Kier alpha value is -2.81. The Morgan fingerprint density at radius 3 is 2.71 bits per heavy atom. The number of nitrogens with one attached hydrogen (secondary N) is 1. The second-order valence-corrected chi connectivity index (χ2v) is 7.65. The second kappa shape index (κ2) is 9.41. The lowest BCUT2D eigenvalue weighted by Crippen LogP contribution is -2.13. The standard InChI is InChI=1S/C22H18ClN3OS/c1-15-7-9-18(23)13-20(15)25-21(27)11-12-28-22-17(14-24)8-10-19(26-22)16-5-3-2-4-6-16/h2-10,13H,11-12H2,1H3,(H,25,27). The van der Waals surface area contributed by atoms with Gasteiger partial charge in [-0.3, -0.25) is 4.79 Å². The van der Waals surface area contributed by atoms with Gasteiger partial charge in [-0.2, -0.15) is 5.26 Å². The SMILES string of the molecule is Cc1ccc(Cl)cc1NC(=O)CCSc1nc(-c2ccccc2)ccc1C#N. The number of halogens is 1. The number of nitriles is 1. The van der Waals surface area contributed by atoms with Crippen LogP contribution in [0.25, 0.3) is 11.3 Å². The normalized spacial score (nSPS) is 10.3. The van der Waals surface area contributed by atoms with E-state index in [1.807, 2.05) is 49.4 Å². The first-order chi connectivity index (χ1) is 13.6. The number of amides is 1. The zero-order chi connectivity index (χ0) is 19.9. The number of hydrogen-bond acceptors (Lipinski definition) is 4. The maximum absolute atomic E-state index is 12.3. The molecule has 3 aromatic rings. The van der Waals surface area contributed by atoms with Crippen LogP contribution in [0.5, 0.6) is 0 Å². The molecule has 1 amide bonds. The zero-order valence-corrected chi connectivity index (χ0v) is 16.8. The average Bonchev–Trinajstić information content (AvgIpc) is 2.71. The van der Waals surface area contributed by atoms with Gasteiger partial charge in [0, 0.05) is 28.4 Å². The topological polar surface area (TPSA) is 65.8 Å². The average molecular weight is 408 g/mol. The van der Waals surface area contributed by atoms with Crippen LogP contribution in [-0.4, -0.2) is 16.6 Å². The van der Waals surface area contributed by atoms with E-state index in [1.54, 1.807) is 18.2 Å². The lowest BCUT2D eigenvalue weighted by molar-refractivity contribution is -0.115. The number of rotatable bonds is 6. The van der Waals surface area contributed by atoms with Crippen LogP contribution in [-0.2, 0) is 4.79 Å². The fourth-order valence-corrected chi connectivity index (χ4v) is 3.67. The van der Waals surface area contributed by atoms with E-state index in [4.69, 9.17) is 11.6 Å². The molecule has 4 nitrogen and oxygen atoms in total. The molecule has 0 saturated heterocycles. The van der Waals surface area contributed by atoms with Crippen LogP contribution < -0.4 is 5.32 Å². The minimum absolute atomic E-state index is 0.101. The van der Waals surface area contributed by atoms with Crippen molar-refractivity contribution in [1.82, 2.24) is 4.98 Å². The molecule has 0 saturated carbocycles. The Morgan fingerprint density at radius 1 is 1.18 bits per heavy atom. The van der Waals surface area contributed by atoms with E-state index in [-0.39, 0.29) is 5.91 Å². The molecule has 0 aliphatic rings. The van der Waals surface area contributed by atoms with Crippen LogP contribution >= 0.6 is 23.4 Å². The van der Waals surface area contributed by atoms with E-state index in [2.05, 4.69) is 16.4 Å². The molecule has 1 aromatic heterocycles. The minimum atomic E-state index is -0.101. The van der Waals surface area contributed by atoms with E-state index in [0.717, 1.165) is 16.8 Å². The summed E-state index contributed by atoms with van der Waals surface area (Å²) in [7, 11) is 0. The number of hydrogen-bond donors (Lipinski definition) is 1. The Balaban J connectivity index is 1.64. The summed E-state index contributed by atoms with van der Waals surface area (Å²) >= 11 is 7.40. The van der Waals surface area contributed by atoms with Gasteiger partial charge >= 0.3 is 0 Å². The van der Waals surface area contributed by atoms with Crippen molar-refractivity contribution in [2.75, 3.05) is 11.1 Å². The monoisotopic (exact) mass is 407 g/mol. The number of carbonyl (C=O) groups is 1. The van der Waals surface area contributed by atoms with Gasteiger partial charge in [-0.25, -0.2) is 4.98 Å². The quantitative estimate of drug-likeness (QED) is 0.532. The number of carbonyl (C=O) groups excluding carboxylic acids is 1. The molecule has 0 atom stereocenters. The smallest absolute Gasteiger partial charge is 0.225 e. The van der Waals surface area contributed by atoms with Gasteiger partial charge in [0.25, 0.3) is 0 Å². The Labute approximate surface area is 173 Å². The second-order valence-electron chi connectivity index (χ2n) is 6.13. The van der Waals surface area contributed by atoms with Gasteiger partial charge in [0.2, 0.25) is 5.91 Å². The predicted octanol–water partition coefficient (Wildman–Crippen LogP) is 5.70. The molecule has 0 unspecified atom stereocenters. The fraction of sp³-hybridized carbons (Fsp3) is 0.136. The third kappa shape index (κ3) is 5.13. The van der Waals surface area contributed by atoms with Crippen molar-refractivity contribution < 1.29 is 4.79 Å². The van der Waals surface area contributed by atoms with E-state index in [9.17, 15) is 10.1 Å². The Kier molecular flexibility index (Phi) is 6.70. The lowest BCUT2D eigenvalue weighted by atomic mass is 10.1. The van der Waals surface area contributed by atoms with Gasteiger partial charge in [0.05, 0.1) is 11.3 Å². The number of pyridine rings is 1. The molecule has 0 fully saturated rings. The highest BCUT2D eigenvalue weighted by molar-refractivity contribution is 7.99. The van der Waals surface area contributed by atoms with Crippen LogP contribution in [0, 0.1) is 18.3 Å². The molecule has 2 aromatic carbocycles. The largest absolute Gasteiger partial charge is 0.326 e. The third-order valence-corrected chi connectivity index (χ3v) is 5.32. The summed E-state index contributed by atoms with van der Waals surface area (Å²) in [6.45, 7) is 1.92. The third-order valence-electron chi connectivity index (χ3n) is 4.09. The van der Waals surface area contributed by atoms with Gasteiger partial charge in [-0.05, 0) is 36.8 Å². The first-order valence-electron chi connectivity index (χ1n) is 8.72. The molecular weight excluding hydrogens is 390 g/mol. The molecule has 1 heterocycles. The summed E-state index contributed by atoms with van der Waals surface area (Å²) in [5, 5.41) is 13.4. The van der Waals surface area contributed by atoms with Crippen molar-refractivity contribution in [2.24, 2.45) is 0 Å². The number of thioether (sulfide) groups is 1. The van der Waals surface area contributed by atoms with Gasteiger partial charge in [-0.15, -0.1) is 11.8 Å². The predicted molar refractivity (Wildman–Crippen MR) is 115 cm³/mol. The highest BCUT2D eigenvalue weighted by Crippen LogP contribution is 2.26. The fourth-order valence-electron chi connectivity index (χ4n) is 2.59. The van der Waals surface area contributed by atoms with Gasteiger partial charge < -0.3 is 5.32 Å². The number of benzene rings is 2. The highest BCUT2D eigenvalue weighted by Gasteiger charge is 2.10. The maximum atomic E-state index is 12.3. The van der Waals surface area contributed by atoms with Crippen molar-refractivity contribution >= 4 is 35.0 Å². The first-order valence-corrected chi connectivity index (χ1v) is 10.1. The van der Waals surface area contributed by atoms with E-state index in [1.165, 1.54) is 11.8 Å². The van der Waals surface area contributed by atoms with Crippen molar-refractivity contribution in [1.29, 1.82) is 5.26 Å². The summed E-state index contributed by atoms with van der Waals surface area (Å²) in [4.78, 5) is 16.9. The number of aromatic nitrogens is 1. The summed E-state index contributed by atoms with van der Waals surface area (Å²) in [6.07, 6.45) is 0.304. The molecular formula is C22H18ClN3OS. The molecule has 6 heteroatoms. The van der Waals surface area contributed by atoms with Crippen LogP contribution in [0.4, 0.5) is 5.69 Å². The van der Waals surface area contributed by atoms with Crippen LogP contribution in [0.3, 0.4) is 0 Å². The van der Waals surface area contributed by atoms with Crippen molar-refractivity contribution in [2.45, 2.75) is 18.4 Å². The molecule has 140 valence electrons. The van der Waals surface area contributed by atoms with Crippen LogP contribution in [0.1, 0.15) is 17.5 Å². The zero-order valence-electron chi connectivity index (χ0n) is 15.3. The summed E-state index contributed by atoms with van der Waals surface area (Å²) in [6, 6.07) is 21.0. The number of aryl methyl sites for hydroxylation is 1. The van der Waals surface area contributed by atoms with E-state index < -0.39 is 0 Å². The van der Waals surface area contributed by atoms with Crippen molar-refractivity contribution in [3.63, 3.8) is 0 Å².